The topological polar surface area (TPSA) is 123 Å². The molecule has 9 heteroatoms. The van der Waals surface area contributed by atoms with Crippen molar-refractivity contribution in [2.45, 2.75) is 13.8 Å². The van der Waals surface area contributed by atoms with Crippen molar-refractivity contribution in [2.24, 2.45) is 4.99 Å². The first-order valence-corrected chi connectivity index (χ1v) is 9.57. The van der Waals surface area contributed by atoms with Crippen LogP contribution in [0.3, 0.4) is 0 Å². The molecule has 0 saturated heterocycles. The number of carbonyl (C=O) groups is 1. The maximum absolute atomic E-state index is 12.3. The number of ether oxygens (including phenoxy) is 2. The SMILES string of the molecule is CCOC(=O)c1ccc(N=Cc2c(O)n(-c3ccc(OCC)cc3)c(=O)[nH]c2=O)cc1. The number of aliphatic imine (C=N–C) groups is 1. The van der Waals surface area contributed by atoms with Crippen LogP contribution in [0.15, 0.2) is 63.1 Å². The molecule has 0 unspecified atom stereocenters. The third-order valence-electron chi connectivity index (χ3n) is 4.25. The van der Waals surface area contributed by atoms with Crippen LogP contribution in [0.1, 0.15) is 29.8 Å². The van der Waals surface area contributed by atoms with Gasteiger partial charge in [0, 0.05) is 6.21 Å². The van der Waals surface area contributed by atoms with E-state index >= 15 is 0 Å². The summed E-state index contributed by atoms with van der Waals surface area (Å²) in [4.78, 5) is 42.5. The number of carbonyl (C=O) groups excluding carboxylic acids is 1. The highest BCUT2D eigenvalue weighted by atomic mass is 16.5. The van der Waals surface area contributed by atoms with Crippen molar-refractivity contribution in [3.63, 3.8) is 0 Å². The number of esters is 1. The number of aromatic nitrogens is 2. The molecule has 31 heavy (non-hydrogen) atoms. The molecule has 0 saturated carbocycles. The normalized spacial score (nSPS) is 10.9. The van der Waals surface area contributed by atoms with E-state index in [-0.39, 0.29) is 12.2 Å². The lowest BCUT2D eigenvalue weighted by atomic mass is 10.2. The lowest BCUT2D eigenvalue weighted by Crippen LogP contribution is -2.31. The fraction of sp³-hybridized carbons (Fsp3) is 0.182. The lowest BCUT2D eigenvalue weighted by Gasteiger charge is -2.10. The van der Waals surface area contributed by atoms with E-state index in [1.807, 2.05) is 6.92 Å². The van der Waals surface area contributed by atoms with Crippen LogP contribution in [-0.2, 0) is 4.74 Å². The molecule has 9 nitrogen and oxygen atoms in total. The zero-order valence-electron chi connectivity index (χ0n) is 17.0. The lowest BCUT2D eigenvalue weighted by molar-refractivity contribution is 0.0526. The molecule has 0 radical (unpaired) electrons. The van der Waals surface area contributed by atoms with Crippen LogP contribution in [-0.4, -0.2) is 40.1 Å². The van der Waals surface area contributed by atoms with E-state index in [9.17, 15) is 19.5 Å². The maximum atomic E-state index is 12.3. The van der Waals surface area contributed by atoms with Crippen molar-refractivity contribution in [3.05, 3.63) is 80.5 Å². The predicted octanol–water partition coefficient (Wildman–Crippen LogP) is 2.56. The Balaban J connectivity index is 1.93. The van der Waals surface area contributed by atoms with Crippen LogP contribution in [0.4, 0.5) is 5.69 Å². The van der Waals surface area contributed by atoms with Crippen LogP contribution < -0.4 is 16.0 Å². The summed E-state index contributed by atoms with van der Waals surface area (Å²) in [6.07, 6.45) is 1.15. The van der Waals surface area contributed by atoms with E-state index in [2.05, 4.69) is 9.98 Å². The summed E-state index contributed by atoms with van der Waals surface area (Å²) in [5, 5.41) is 10.6. The number of hydrogen-bond donors (Lipinski definition) is 2. The Bertz CT molecular complexity index is 1210. The Hall–Kier alpha value is -4.14. The van der Waals surface area contributed by atoms with Gasteiger partial charge in [-0.15, -0.1) is 0 Å². The molecule has 1 aromatic heterocycles. The van der Waals surface area contributed by atoms with E-state index in [1.165, 1.54) is 12.1 Å². The molecule has 0 spiro atoms. The van der Waals surface area contributed by atoms with Crippen molar-refractivity contribution in [1.29, 1.82) is 0 Å². The van der Waals surface area contributed by atoms with Crippen LogP contribution in [0.2, 0.25) is 0 Å². The molecule has 0 bridgehead atoms. The second-order valence-electron chi connectivity index (χ2n) is 6.28. The molecular weight excluding hydrogens is 402 g/mol. The Morgan fingerprint density at radius 3 is 2.35 bits per heavy atom. The Kier molecular flexibility index (Phi) is 6.66. The molecule has 2 aromatic carbocycles. The predicted molar refractivity (Wildman–Crippen MR) is 115 cm³/mol. The zero-order chi connectivity index (χ0) is 22.4. The summed E-state index contributed by atoms with van der Waals surface area (Å²) in [6.45, 7) is 4.32. The van der Waals surface area contributed by atoms with E-state index in [0.717, 1.165) is 10.8 Å². The highest BCUT2D eigenvalue weighted by molar-refractivity contribution is 5.90. The molecule has 3 rings (SSSR count). The second-order valence-corrected chi connectivity index (χ2v) is 6.28. The van der Waals surface area contributed by atoms with Crippen molar-refractivity contribution >= 4 is 17.9 Å². The summed E-state index contributed by atoms with van der Waals surface area (Å²) in [6, 6.07) is 12.7. The molecule has 160 valence electrons. The number of aromatic amines is 1. The van der Waals surface area contributed by atoms with Gasteiger partial charge in [0.15, 0.2) is 0 Å². The van der Waals surface area contributed by atoms with Gasteiger partial charge in [0.2, 0.25) is 5.88 Å². The Labute approximate surface area is 177 Å². The third-order valence-corrected chi connectivity index (χ3v) is 4.25. The van der Waals surface area contributed by atoms with Gasteiger partial charge in [-0.25, -0.2) is 14.2 Å². The van der Waals surface area contributed by atoms with Crippen molar-refractivity contribution < 1.29 is 19.4 Å². The number of aromatic hydroxyl groups is 1. The first kappa shape index (κ1) is 21.6. The minimum Gasteiger partial charge on any atom is -0.494 e. The van der Waals surface area contributed by atoms with Gasteiger partial charge in [0.25, 0.3) is 5.56 Å². The molecule has 3 aromatic rings. The van der Waals surface area contributed by atoms with Gasteiger partial charge >= 0.3 is 11.7 Å². The zero-order valence-corrected chi connectivity index (χ0v) is 17.0. The average Bonchev–Trinajstić information content (AvgIpc) is 2.75. The van der Waals surface area contributed by atoms with Gasteiger partial charge in [0.05, 0.1) is 30.2 Å². The Morgan fingerprint density at radius 2 is 1.74 bits per heavy atom. The number of nitrogens with one attached hydrogen (secondary N) is 1. The largest absolute Gasteiger partial charge is 0.494 e. The van der Waals surface area contributed by atoms with E-state index in [1.54, 1.807) is 43.3 Å². The van der Waals surface area contributed by atoms with Gasteiger partial charge < -0.3 is 14.6 Å². The fourth-order valence-corrected chi connectivity index (χ4v) is 2.79. The molecular formula is C22H21N3O6. The average molecular weight is 423 g/mol. The minimum atomic E-state index is -0.789. The molecule has 2 N–H and O–H groups in total. The van der Waals surface area contributed by atoms with Crippen molar-refractivity contribution in [1.82, 2.24) is 9.55 Å². The van der Waals surface area contributed by atoms with Crippen LogP contribution in [0, 0.1) is 0 Å². The molecule has 0 aliphatic heterocycles. The first-order valence-electron chi connectivity index (χ1n) is 9.57. The fourth-order valence-electron chi connectivity index (χ4n) is 2.79. The summed E-state index contributed by atoms with van der Waals surface area (Å²) in [7, 11) is 0. The highest BCUT2D eigenvalue weighted by Gasteiger charge is 2.14. The molecule has 0 fully saturated rings. The number of nitrogens with zero attached hydrogens (tertiary/aromatic N) is 2. The van der Waals surface area contributed by atoms with E-state index < -0.39 is 23.1 Å². The third kappa shape index (κ3) is 4.89. The van der Waals surface area contributed by atoms with Gasteiger partial charge in [-0.2, -0.15) is 0 Å². The standard InChI is InChI=1S/C22H21N3O6/c1-3-30-17-11-9-16(10-12-17)25-20(27)18(19(26)24-22(25)29)13-23-15-7-5-14(6-8-15)21(28)31-4-2/h5-13,27H,3-4H2,1-2H3,(H,24,26,29). The number of H-pyrrole nitrogens is 1. The van der Waals surface area contributed by atoms with E-state index in [4.69, 9.17) is 9.47 Å². The minimum absolute atomic E-state index is 0.192. The molecule has 0 aliphatic rings. The summed E-state index contributed by atoms with van der Waals surface area (Å²) in [5.41, 5.74) is -0.617. The molecule has 0 atom stereocenters. The summed E-state index contributed by atoms with van der Waals surface area (Å²) >= 11 is 0. The molecule has 0 amide bonds. The van der Waals surface area contributed by atoms with Gasteiger partial charge in [-0.1, -0.05) is 0 Å². The van der Waals surface area contributed by atoms with Crippen LogP contribution in [0.25, 0.3) is 5.69 Å². The van der Waals surface area contributed by atoms with Crippen molar-refractivity contribution in [2.75, 3.05) is 13.2 Å². The summed E-state index contributed by atoms with van der Waals surface area (Å²) < 4.78 is 11.2. The number of rotatable bonds is 7. The van der Waals surface area contributed by atoms with Crippen LogP contribution >= 0.6 is 0 Å². The van der Waals surface area contributed by atoms with Gasteiger partial charge in [-0.05, 0) is 62.4 Å². The smallest absolute Gasteiger partial charge is 0.338 e. The highest BCUT2D eigenvalue weighted by Crippen LogP contribution is 2.20. The number of hydrogen-bond acceptors (Lipinski definition) is 7. The second kappa shape index (κ2) is 9.57. The maximum Gasteiger partial charge on any atom is 0.338 e. The molecule has 1 heterocycles. The van der Waals surface area contributed by atoms with Gasteiger partial charge in [-0.3, -0.25) is 14.8 Å². The first-order chi connectivity index (χ1) is 14.9. The van der Waals surface area contributed by atoms with Gasteiger partial charge in [0.1, 0.15) is 11.3 Å². The monoisotopic (exact) mass is 423 g/mol. The number of benzene rings is 2. The quantitative estimate of drug-likeness (QED) is 0.445. The van der Waals surface area contributed by atoms with E-state index in [0.29, 0.717) is 29.3 Å². The molecule has 0 aliphatic carbocycles. The summed E-state index contributed by atoms with van der Waals surface area (Å²) in [5.74, 6) is -0.393. The Morgan fingerprint density at radius 1 is 1.06 bits per heavy atom. The van der Waals surface area contributed by atoms with Crippen LogP contribution in [0.5, 0.6) is 11.6 Å². The van der Waals surface area contributed by atoms with Crippen molar-refractivity contribution in [3.8, 4) is 17.3 Å².